The molecule has 1 unspecified atom stereocenters. The minimum Gasteiger partial charge on any atom is -0.476 e. The second-order valence-electron chi connectivity index (χ2n) is 4.04. The molecule has 2 aromatic rings. The average molecular weight is 234 g/mol. The minimum atomic E-state index is -1.14. The highest BCUT2D eigenvalue weighted by Crippen LogP contribution is 2.40. The largest absolute Gasteiger partial charge is 0.476 e. The molecule has 0 spiro atoms. The Kier molecular flexibility index (Phi) is 2.05. The third-order valence-corrected chi connectivity index (χ3v) is 3.09. The Hall–Kier alpha value is -2.08. The Morgan fingerprint density at radius 3 is 3.18 bits per heavy atom. The van der Waals surface area contributed by atoms with E-state index in [1.165, 1.54) is 0 Å². The quantitative estimate of drug-likeness (QED) is 0.719. The van der Waals surface area contributed by atoms with Gasteiger partial charge >= 0.3 is 5.97 Å². The summed E-state index contributed by atoms with van der Waals surface area (Å²) in [6.45, 7) is -0.126. The van der Waals surface area contributed by atoms with E-state index in [0.29, 0.717) is 17.7 Å². The summed E-state index contributed by atoms with van der Waals surface area (Å²) in [6, 6.07) is 1.89. The highest BCUT2D eigenvalue weighted by Gasteiger charge is 2.34. The lowest BCUT2D eigenvalue weighted by atomic mass is 9.85. The predicted octanol–water partition coefficient (Wildman–Crippen LogP) is 1.000. The summed E-state index contributed by atoms with van der Waals surface area (Å²) in [6.07, 6.45) is 2.35. The van der Waals surface area contributed by atoms with E-state index in [2.05, 4.69) is 10.1 Å². The molecule has 0 radical (unpaired) electrons. The average Bonchev–Trinajstić information content (AvgIpc) is 2.93. The second kappa shape index (κ2) is 3.46. The van der Waals surface area contributed by atoms with Crippen LogP contribution < -0.4 is 0 Å². The number of carbonyl (C=O) groups is 1. The molecular formula is C11H10N2O4. The van der Waals surface area contributed by atoms with Crippen LogP contribution in [-0.2, 0) is 6.42 Å². The van der Waals surface area contributed by atoms with Crippen molar-refractivity contribution in [3.05, 3.63) is 29.1 Å². The number of hydrogen-bond donors (Lipinski definition) is 3. The summed E-state index contributed by atoms with van der Waals surface area (Å²) >= 11 is 0. The zero-order valence-corrected chi connectivity index (χ0v) is 8.80. The third kappa shape index (κ3) is 1.31. The number of aromatic carboxylic acids is 1. The molecule has 0 amide bonds. The maximum atomic E-state index is 11.0. The van der Waals surface area contributed by atoms with Crippen LogP contribution >= 0.6 is 0 Å². The van der Waals surface area contributed by atoms with Gasteiger partial charge in [-0.05, 0) is 18.1 Å². The summed E-state index contributed by atoms with van der Waals surface area (Å²) in [4.78, 5) is 14.0. The lowest BCUT2D eigenvalue weighted by molar-refractivity contribution is 0.0684. The molecule has 17 heavy (non-hydrogen) atoms. The number of nitrogens with zero attached hydrogens (tertiary/aromatic N) is 1. The molecule has 0 fully saturated rings. The van der Waals surface area contributed by atoms with Crippen molar-refractivity contribution < 1.29 is 19.5 Å². The van der Waals surface area contributed by atoms with Crippen LogP contribution in [0.2, 0.25) is 0 Å². The fourth-order valence-corrected chi connectivity index (χ4v) is 2.32. The van der Waals surface area contributed by atoms with Gasteiger partial charge in [-0.2, -0.15) is 0 Å². The normalized spacial score (nSPS) is 17.6. The summed E-state index contributed by atoms with van der Waals surface area (Å²) in [7, 11) is 0. The van der Waals surface area contributed by atoms with Crippen molar-refractivity contribution in [2.45, 2.75) is 12.3 Å². The van der Waals surface area contributed by atoms with Crippen LogP contribution in [0.15, 0.2) is 16.8 Å². The topological polar surface area (TPSA) is 99.3 Å². The second-order valence-corrected chi connectivity index (χ2v) is 4.04. The zero-order valence-electron chi connectivity index (χ0n) is 8.80. The Labute approximate surface area is 95.9 Å². The van der Waals surface area contributed by atoms with E-state index in [-0.39, 0.29) is 18.2 Å². The van der Waals surface area contributed by atoms with Crippen LogP contribution in [0.3, 0.4) is 0 Å². The molecule has 2 heterocycles. The van der Waals surface area contributed by atoms with Crippen LogP contribution in [-0.4, -0.2) is 32.9 Å². The number of hydrogen-bond acceptors (Lipinski definition) is 4. The maximum Gasteiger partial charge on any atom is 0.358 e. The zero-order chi connectivity index (χ0) is 12.0. The fraction of sp³-hybridized carbons (Fsp3) is 0.273. The lowest BCUT2D eigenvalue weighted by Crippen LogP contribution is -2.16. The molecule has 0 bridgehead atoms. The molecule has 6 nitrogen and oxygen atoms in total. The predicted molar refractivity (Wildman–Crippen MR) is 56.8 cm³/mol. The Morgan fingerprint density at radius 2 is 2.47 bits per heavy atom. The van der Waals surface area contributed by atoms with Gasteiger partial charge in [0.05, 0.1) is 12.3 Å². The molecule has 3 N–H and O–H groups in total. The summed E-state index contributed by atoms with van der Waals surface area (Å²) in [5.74, 6) is -0.984. The van der Waals surface area contributed by atoms with Gasteiger partial charge in [-0.25, -0.2) is 4.79 Å². The summed E-state index contributed by atoms with van der Waals surface area (Å²) < 4.78 is 5.09. The van der Waals surface area contributed by atoms with Gasteiger partial charge in [0.25, 0.3) is 0 Å². The molecule has 2 aromatic heterocycles. The number of rotatable bonds is 2. The van der Waals surface area contributed by atoms with E-state index in [1.54, 1.807) is 6.20 Å². The lowest BCUT2D eigenvalue weighted by Gasteiger charge is -2.19. The van der Waals surface area contributed by atoms with Crippen molar-refractivity contribution in [3.63, 3.8) is 0 Å². The third-order valence-electron chi connectivity index (χ3n) is 3.09. The van der Waals surface area contributed by atoms with Gasteiger partial charge in [0.2, 0.25) is 0 Å². The van der Waals surface area contributed by atoms with E-state index >= 15 is 0 Å². The molecule has 6 heteroatoms. The summed E-state index contributed by atoms with van der Waals surface area (Å²) in [5, 5.41) is 21.9. The van der Waals surface area contributed by atoms with E-state index in [1.807, 2.05) is 6.07 Å². The van der Waals surface area contributed by atoms with Crippen LogP contribution in [0.25, 0.3) is 11.5 Å². The number of aromatic nitrogens is 2. The van der Waals surface area contributed by atoms with E-state index < -0.39 is 5.97 Å². The molecule has 1 aliphatic carbocycles. The molecule has 0 saturated heterocycles. The van der Waals surface area contributed by atoms with Crippen LogP contribution in [0.5, 0.6) is 0 Å². The Bertz CT molecular complexity index is 584. The van der Waals surface area contributed by atoms with Crippen molar-refractivity contribution in [2.75, 3.05) is 6.61 Å². The van der Waals surface area contributed by atoms with Crippen LogP contribution in [0.4, 0.5) is 0 Å². The van der Waals surface area contributed by atoms with Crippen molar-refractivity contribution in [3.8, 4) is 11.5 Å². The number of aliphatic hydroxyl groups excluding tert-OH is 1. The SMILES string of the molecule is O=C(O)c1noc2c1C(CO)Cc1cc[nH]c1-2. The van der Waals surface area contributed by atoms with Crippen molar-refractivity contribution in [1.29, 1.82) is 0 Å². The Balaban J connectivity index is 2.24. The van der Waals surface area contributed by atoms with Gasteiger partial charge in [0.15, 0.2) is 11.5 Å². The molecule has 3 rings (SSSR count). The van der Waals surface area contributed by atoms with Crippen LogP contribution in [0, 0.1) is 0 Å². The van der Waals surface area contributed by atoms with Gasteiger partial charge in [-0.1, -0.05) is 5.16 Å². The number of fused-ring (bicyclic) bond motifs is 3. The molecule has 1 aliphatic rings. The van der Waals surface area contributed by atoms with Crippen molar-refractivity contribution >= 4 is 5.97 Å². The van der Waals surface area contributed by atoms with Crippen molar-refractivity contribution in [1.82, 2.24) is 10.1 Å². The number of aliphatic hydroxyl groups is 1. The first-order chi connectivity index (χ1) is 8.22. The standard InChI is InChI=1S/C11H10N2O4/c14-4-6-3-5-1-2-12-8(5)10-7(6)9(11(15)16)13-17-10/h1-2,6,12,14H,3-4H2,(H,15,16). The van der Waals surface area contributed by atoms with Gasteiger partial charge in [-0.15, -0.1) is 0 Å². The molecular weight excluding hydrogens is 224 g/mol. The van der Waals surface area contributed by atoms with Crippen molar-refractivity contribution in [2.24, 2.45) is 0 Å². The van der Waals surface area contributed by atoms with E-state index in [0.717, 1.165) is 11.3 Å². The molecule has 88 valence electrons. The minimum absolute atomic E-state index is 0.112. The number of H-pyrrole nitrogens is 1. The molecule has 0 aromatic carbocycles. The van der Waals surface area contributed by atoms with Gasteiger partial charge < -0.3 is 19.7 Å². The van der Waals surface area contributed by atoms with E-state index in [9.17, 15) is 9.90 Å². The first-order valence-corrected chi connectivity index (χ1v) is 5.22. The highest BCUT2D eigenvalue weighted by atomic mass is 16.5. The summed E-state index contributed by atoms with van der Waals surface area (Å²) in [5.41, 5.74) is 2.13. The Morgan fingerprint density at radius 1 is 1.65 bits per heavy atom. The highest BCUT2D eigenvalue weighted by molar-refractivity contribution is 5.90. The van der Waals surface area contributed by atoms with Crippen LogP contribution in [0.1, 0.15) is 27.5 Å². The van der Waals surface area contributed by atoms with Gasteiger partial charge in [-0.3, -0.25) is 0 Å². The van der Waals surface area contributed by atoms with Gasteiger partial charge in [0.1, 0.15) is 0 Å². The fourth-order valence-electron chi connectivity index (χ4n) is 2.32. The maximum absolute atomic E-state index is 11.0. The smallest absolute Gasteiger partial charge is 0.358 e. The molecule has 0 aliphatic heterocycles. The first-order valence-electron chi connectivity index (χ1n) is 5.22. The molecule has 0 saturated carbocycles. The monoisotopic (exact) mass is 234 g/mol. The number of nitrogens with one attached hydrogen (secondary N) is 1. The molecule has 1 atom stereocenters. The first kappa shape index (κ1) is 10.1. The number of aromatic amines is 1. The van der Waals surface area contributed by atoms with E-state index in [4.69, 9.17) is 9.63 Å². The number of carboxylic acid groups (broad SMARTS) is 1. The van der Waals surface area contributed by atoms with Gasteiger partial charge in [0, 0.05) is 17.7 Å². The number of carboxylic acids is 1.